The Morgan fingerprint density at radius 3 is 2.41 bits per heavy atom. The lowest BCUT2D eigenvalue weighted by molar-refractivity contribution is -0.126. The third-order valence-electron chi connectivity index (χ3n) is 4.60. The average Bonchev–Trinajstić information content (AvgIpc) is 2.55. The van der Waals surface area contributed by atoms with Crippen LogP contribution in [0.3, 0.4) is 0 Å². The third-order valence-corrected chi connectivity index (χ3v) is 4.60. The second-order valence-electron chi connectivity index (χ2n) is 6.45. The average molecular weight is 303 g/mol. The van der Waals surface area contributed by atoms with Crippen molar-refractivity contribution in [3.63, 3.8) is 0 Å². The summed E-state index contributed by atoms with van der Waals surface area (Å²) < 4.78 is 0. The fourth-order valence-electron chi connectivity index (χ4n) is 3.15. The molecule has 3 nitrogen and oxygen atoms in total. The van der Waals surface area contributed by atoms with Gasteiger partial charge < -0.3 is 10.4 Å². The van der Waals surface area contributed by atoms with Crippen LogP contribution in [0, 0.1) is 5.92 Å². The van der Waals surface area contributed by atoms with Gasteiger partial charge in [-0.2, -0.15) is 0 Å². The Kier molecular flexibility index (Phi) is 7.44. The van der Waals surface area contributed by atoms with E-state index in [-0.39, 0.29) is 17.9 Å². The maximum Gasteiger partial charge on any atom is 0.223 e. The van der Waals surface area contributed by atoms with Crippen LogP contribution in [-0.4, -0.2) is 23.7 Å². The number of aliphatic hydroxyl groups excluding tert-OH is 1. The molecule has 2 rings (SSSR count). The lowest BCUT2D eigenvalue weighted by atomic mass is 9.87. The minimum Gasteiger partial charge on any atom is -0.393 e. The molecule has 22 heavy (non-hydrogen) atoms. The van der Waals surface area contributed by atoms with Crippen molar-refractivity contribution in [1.82, 2.24) is 5.32 Å². The lowest BCUT2D eigenvalue weighted by Crippen LogP contribution is -2.34. The van der Waals surface area contributed by atoms with E-state index in [1.54, 1.807) is 0 Å². The normalized spacial score (nSPS) is 21.5. The SMILES string of the molecule is O=C(NCCCCCCc1ccccc1)C1CCC(O)CC1. The Morgan fingerprint density at radius 1 is 1.00 bits per heavy atom. The molecule has 1 amide bonds. The first-order valence-corrected chi connectivity index (χ1v) is 8.75. The van der Waals surface area contributed by atoms with Crippen LogP contribution < -0.4 is 5.32 Å². The summed E-state index contributed by atoms with van der Waals surface area (Å²) in [7, 11) is 0. The predicted molar refractivity (Wildman–Crippen MR) is 89.6 cm³/mol. The summed E-state index contributed by atoms with van der Waals surface area (Å²) in [5.41, 5.74) is 1.41. The van der Waals surface area contributed by atoms with Gasteiger partial charge in [0.05, 0.1) is 6.10 Å². The van der Waals surface area contributed by atoms with Gasteiger partial charge in [-0.25, -0.2) is 0 Å². The summed E-state index contributed by atoms with van der Waals surface area (Å²) in [6.45, 7) is 0.795. The first-order valence-electron chi connectivity index (χ1n) is 8.75. The molecule has 0 aromatic heterocycles. The minimum atomic E-state index is -0.186. The monoisotopic (exact) mass is 303 g/mol. The molecule has 3 heteroatoms. The Morgan fingerprint density at radius 2 is 1.68 bits per heavy atom. The summed E-state index contributed by atoms with van der Waals surface area (Å²) in [5.74, 6) is 0.317. The molecule has 0 heterocycles. The first-order chi connectivity index (χ1) is 10.8. The number of carbonyl (C=O) groups excluding carboxylic acids is 1. The zero-order valence-corrected chi connectivity index (χ0v) is 13.5. The van der Waals surface area contributed by atoms with Gasteiger partial charge in [-0.15, -0.1) is 0 Å². The summed E-state index contributed by atoms with van der Waals surface area (Å²) in [6.07, 6.45) is 8.88. The van der Waals surface area contributed by atoms with E-state index in [0.717, 1.165) is 45.1 Å². The highest BCUT2D eigenvalue weighted by Gasteiger charge is 2.24. The number of aliphatic hydroxyl groups is 1. The Balaban J connectivity index is 1.46. The van der Waals surface area contributed by atoms with Crippen molar-refractivity contribution in [3.05, 3.63) is 35.9 Å². The zero-order valence-electron chi connectivity index (χ0n) is 13.5. The molecule has 0 saturated heterocycles. The van der Waals surface area contributed by atoms with E-state index in [4.69, 9.17) is 0 Å². The quantitative estimate of drug-likeness (QED) is 0.723. The van der Waals surface area contributed by atoms with Crippen molar-refractivity contribution < 1.29 is 9.90 Å². The number of aryl methyl sites for hydroxylation is 1. The van der Waals surface area contributed by atoms with Crippen molar-refractivity contribution in [2.45, 2.75) is 63.9 Å². The number of unbranched alkanes of at least 4 members (excludes halogenated alkanes) is 3. The fraction of sp³-hybridized carbons (Fsp3) is 0.632. The number of benzene rings is 1. The Bertz CT molecular complexity index is 424. The number of hydrogen-bond acceptors (Lipinski definition) is 2. The maximum atomic E-state index is 12.0. The van der Waals surface area contributed by atoms with Crippen LogP contribution in [0.15, 0.2) is 30.3 Å². The Hall–Kier alpha value is -1.35. The van der Waals surface area contributed by atoms with Gasteiger partial charge in [0, 0.05) is 12.5 Å². The molecule has 1 aromatic carbocycles. The predicted octanol–water partition coefficient (Wildman–Crippen LogP) is 3.46. The van der Waals surface area contributed by atoms with Crippen LogP contribution in [0.1, 0.15) is 56.9 Å². The number of carbonyl (C=O) groups is 1. The molecular formula is C19H29NO2. The summed E-state index contributed by atoms with van der Waals surface area (Å²) in [4.78, 5) is 12.0. The van der Waals surface area contributed by atoms with Crippen LogP contribution in [0.25, 0.3) is 0 Å². The van der Waals surface area contributed by atoms with Crippen LogP contribution in [0.2, 0.25) is 0 Å². The molecule has 0 bridgehead atoms. The molecule has 1 fully saturated rings. The number of amides is 1. The molecule has 0 atom stereocenters. The van der Waals surface area contributed by atoms with E-state index in [1.165, 1.54) is 24.8 Å². The highest BCUT2D eigenvalue weighted by atomic mass is 16.3. The van der Waals surface area contributed by atoms with Crippen molar-refractivity contribution in [1.29, 1.82) is 0 Å². The lowest BCUT2D eigenvalue weighted by Gasteiger charge is -2.24. The largest absolute Gasteiger partial charge is 0.393 e. The first kappa shape index (κ1) is 17.0. The van der Waals surface area contributed by atoms with Gasteiger partial charge in [0.15, 0.2) is 0 Å². The molecule has 0 spiro atoms. The van der Waals surface area contributed by atoms with Crippen molar-refractivity contribution >= 4 is 5.91 Å². The topological polar surface area (TPSA) is 49.3 Å². The highest BCUT2D eigenvalue weighted by Crippen LogP contribution is 2.24. The maximum absolute atomic E-state index is 12.0. The molecule has 2 N–H and O–H groups in total. The zero-order chi connectivity index (χ0) is 15.6. The van der Waals surface area contributed by atoms with E-state index in [1.807, 2.05) is 0 Å². The molecule has 1 aliphatic carbocycles. The van der Waals surface area contributed by atoms with Gasteiger partial charge in [0.25, 0.3) is 0 Å². The number of rotatable bonds is 8. The van der Waals surface area contributed by atoms with E-state index in [0.29, 0.717) is 0 Å². The molecule has 0 unspecified atom stereocenters. The molecule has 1 aromatic rings. The molecule has 122 valence electrons. The van der Waals surface area contributed by atoms with Crippen molar-refractivity contribution in [2.24, 2.45) is 5.92 Å². The molecular weight excluding hydrogens is 274 g/mol. The van der Waals surface area contributed by atoms with E-state index >= 15 is 0 Å². The fourth-order valence-corrected chi connectivity index (χ4v) is 3.15. The van der Waals surface area contributed by atoms with Gasteiger partial charge in [0.2, 0.25) is 5.91 Å². The van der Waals surface area contributed by atoms with Gasteiger partial charge in [-0.1, -0.05) is 43.2 Å². The van der Waals surface area contributed by atoms with E-state index < -0.39 is 0 Å². The molecule has 0 radical (unpaired) electrons. The summed E-state index contributed by atoms with van der Waals surface area (Å²) >= 11 is 0. The van der Waals surface area contributed by atoms with E-state index in [2.05, 4.69) is 35.6 Å². The van der Waals surface area contributed by atoms with Crippen LogP contribution in [0.4, 0.5) is 0 Å². The Labute approximate surface area is 134 Å². The third kappa shape index (κ3) is 6.18. The minimum absolute atomic E-state index is 0.126. The van der Waals surface area contributed by atoms with Crippen molar-refractivity contribution in [2.75, 3.05) is 6.54 Å². The van der Waals surface area contributed by atoms with Gasteiger partial charge in [-0.05, 0) is 50.5 Å². The van der Waals surface area contributed by atoms with Crippen LogP contribution in [-0.2, 0) is 11.2 Å². The molecule has 1 saturated carbocycles. The number of nitrogens with one attached hydrogen (secondary N) is 1. The highest BCUT2D eigenvalue weighted by molar-refractivity contribution is 5.78. The van der Waals surface area contributed by atoms with Gasteiger partial charge in [0.1, 0.15) is 0 Å². The summed E-state index contributed by atoms with van der Waals surface area (Å²) in [5, 5.41) is 12.5. The smallest absolute Gasteiger partial charge is 0.223 e. The standard InChI is InChI=1S/C19H29NO2/c21-18-13-11-17(12-14-18)19(22)20-15-7-2-1-4-8-16-9-5-3-6-10-16/h3,5-6,9-10,17-18,21H,1-2,4,7-8,11-15H2,(H,20,22). The van der Waals surface area contributed by atoms with Gasteiger partial charge >= 0.3 is 0 Å². The van der Waals surface area contributed by atoms with Crippen molar-refractivity contribution in [3.8, 4) is 0 Å². The van der Waals surface area contributed by atoms with Crippen LogP contribution >= 0.6 is 0 Å². The van der Waals surface area contributed by atoms with Crippen LogP contribution in [0.5, 0.6) is 0 Å². The van der Waals surface area contributed by atoms with Gasteiger partial charge in [-0.3, -0.25) is 4.79 Å². The second-order valence-corrected chi connectivity index (χ2v) is 6.45. The second kappa shape index (κ2) is 9.62. The molecule has 1 aliphatic rings. The summed E-state index contributed by atoms with van der Waals surface area (Å²) in [6, 6.07) is 10.6. The van der Waals surface area contributed by atoms with E-state index in [9.17, 15) is 9.90 Å². The number of hydrogen-bond donors (Lipinski definition) is 2. The molecule has 0 aliphatic heterocycles.